The van der Waals surface area contributed by atoms with E-state index in [1.54, 1.807) is 12.2 Å². The van der Waals surface area contributed by atoms with Crippen LogP contribution < -0.4 is 10.9 Å². The summed E-state index contributed by atoms with van der Waals surface area (Å²) in [5, 5.41) is 7.31. The molecule has 26 heavy (non-hydrogen) atoms. The van der Waals surface area contributed by atoms with Crippen LogP contribution in [0, 0.1) is 0 Å². The maximum absolute atomic E-state index is 11.5. The topological polar surface area (TPSA) is 82.9 Å². The van der Waals surface area contributed by atoms with Gasteiger partial charge in [-0.05, 0) is 23.3 Å². The minimum absolute atomic E-state index is 0.904. The molecule has 0 saturated heterocycles. The number of hydrogen-bond donors (Lipinski definition) is 2. The van der Waals surface area contributed by atoms with E-state index >= 15 is 0 Å². The van der Waals surface area contributed by atoms with Crippen molar-refractivity contribution >= 4 is 36.4 Å². The number of rotatable bonds is 6. The molecule has 6 nitrogen and oxygen atoms in total. The van der Waals surface area contributed by atoms with Crippen molar-refractivity contribution in [3.63, 3.8) is 0 Å². The Bertz CT molecular complexity index is 754. The highest BCUT2D eigenvalue weighted by Crippen LogP contribution is 2.00. The molecule has 2 aromatic carbocycles. The first-order valence-corrected chi connectivity index (χ1v) is 7.85. The van der Waals surface area contributed by atoms with Gasteiger partial charge in [0.05, 0.1) is 0 Å². The first-order chi connectivity index (χ1) is 12.8. The molecule has 0 aliphatic rings. The van der Waals surface area contributed by atoms with Gasteiger partial charge in [0.15, 0.2) is 0 Å². The number of allylic oxidation sites excluding steroid dienone is 2. The second kappa shape index (κ2) is 10.9. The maximum atomic E-state index is 11.5. The van der Waals surface area contributed by atoms with Gasteiger partial charge in [-0.2, -0.15) is 10.2 Å². The Balaban J connectivity index is 1.69. The zero-order valence-corrected chi connectivity index (χ0v) is 13.9. The standard InChI is InChI=1S/C20H18N4O2/c25-19(23-21-15-7-13-17-9-3-1-4-10-17)20(26)24-22-16-8-14-18-11-5-2-6-12-18/h1-16H,(H,23,25)(H,24,26)/b13-7-,14-8+,21-15+,22-16+. The van der Waals surface area contributed by atoms with Gasteiger partial charge in [0, 0.05) is 12.4 Å². The molecule has 130 valence electrons. The third-order valence-electron chi connectivity index (χ3n) is 3.04. The zero-order chi connectivity index (χ0) is 18.5. The van der Waals surface area contributed by atoms with Gasteiger partial charge in [-0.25, -0.2) is 10.9 Å². The fourth-order valence-electron chi connectivity index (χ4n) is 1.82. The largest absolute Gasteiger partial charge is 0.331 e. The van der Waals surface area contributed by atoms with Crippen LogP contribution in [0.5, 0.6) is 0 Å². The fourth-order valence-corrected chi connectivity index (χ4v) is 1.82. The van der Waals surface area contributed by atoms with Crippen LogP contribution in [0.1, 0.15) is 11.1 Å². The van der Waals surface area contributed by atoms with Gasteiger partial charge in [0.25, 0.3) is 0 Å². The summed E-state index contributed by atoms with van der Waals surface area (Å²) in [6.45, 7) is 0. The molecule has 2 aromatic rings. The quantitative estimate of drug-likeness (QED) is 0.479. The summed E-state index contributed by atoms with van der Waals surface area (Å²) in [6.07, 6.45) is 9.70. The van der Waals surface area contributed by atoms with E-state index in [2.05, 4.69) is 21.1 Å². The van der Waals surface area contributed by atoms with E-state index in [0.717, 1.165) is 11.1 Å². The lowest BCUT2D eigenvalue weighted by Crippen LogP contribution is -2.35. The Hall–Kier alpha value is -3.80. The van der Waals surface area contributed by atoms with E-state index in [1.807, 2.05) is 72.8 Å². The minimum atomic E-state index is -0.904. The normalized spacial score (nSPS) is 11.5. The Morgan fingerprint density at radius 1 is 0.654 bits per heavy atom. The van der Waals surface area contributed by atoms with Crippen LogP contribution >= 0.6 is 0 Å². The van der Waals surface area contributed by atoms with Crippen LogP contribution in [0.4, 0.5) is 0 Å². The number of hydrogen-bond acceptors (Lipinski definition) is 4. The predicted octanol–water partition coefficient (Wildman–Crippen LogP) is 2.62. The summed E-state index contributed by atoms with van der Waals surface area (Å²) in [5.41, 5.74) is 6.22. The van der Waals surface area contributed by atoms with Crippen molar-refractivity contribution in [2.75, 3.05) is 0 Å². The molecular formula is C20H18N4O2. The highest BCUT2D eigenvalue weighted by molar-refractivity contribution is 6.35. The van der Waals surface area contributed by atoms with Crippen molar-refractivity contribution in [2.24, 2.45) is 10.2 Å². The first kappa shape index (κ1) is 18.5. The lowest BCUT2D eigenvalue weighted by molar-refractivity contribution is -0.139. The number of carbonyl (C=O) groups is 2. The molecule has 0 atom stereocenters. The van der Waals surface area contributed by atoms with Gasteiger partial charge >= 0.3 is 11.8 Å². The van der Waals surface area contributed by atoms with E-state index < -0.39 is 11.8 Å². The Morgan fingerprint density at radius 3 is 1.42 bits per heavy atom. The molecule has 0 fully saturated rings. The van der Waals surface area contributed by atoms with E-state index in [-0.39, 0.29) is 0 Å². The molecule has 0 aliphatic carbocycles. The number of benzene rings is 2. The molecule has 0 radical (unpaired) electrons. The molecule has 0 aromatic heterocycles. The van der Waals surface area contributed by atoms with Gasteiger partial charge in [-0.15, -0.1) is 0 Å². The molecule has 2 N–H and O–H groups in total. The number of amides is 2. The lowest BCUT2D eigenvalue weighted by Gasteiger charge is -1.96. The van der Waals surface area contributed by atoms with Crippen molar-refractivity contribution in [3.05, 3.63) is 83.9 Å². The van der Waals surface area contributed by atoms with Crippen LogP contribution in [-0.4, -0.2) is 24.2 Å². The monoisotopic (exact) mass is 346 g/mol. The Morgan fingerprint density at radius 2 is 1.04 bits per heavy atom. The minimum Gasteiger partial charge on any atom is -0.262 e. The van der Waals surface area contributed by atoms with E-state index in [9.17, 15) is 9.59 Å². The number of hydrazone groups is 2. The third kappa shape index (κ3) is 7.18. The van der Waals surface area contributed by atoms with Crippen molar-refractivity contribution in [1.29, 1.82) is 0 Å². The second-order valence-electron chi connectivity index (χ2n) is 4.98. The van der Waals surface area contributed by atoms with Gasteiger partial charge in [-0.1, -0.05) is 72.8 Å². The van der Waals surface area contributed by atoms with Crippen LogP contribution in [0.2, 0.25) is 0 Å². The van der Waals surface area contributed by atoms with Crippen molar-refractivity contribution < 1.29 is 9.59 Å². The molecule has 6 heteroatoms. The predicted molar refractivity (Wildman–Crippen MR) is 104 cm³/mol. The number of carbonyl (C=O) groups excluding carboxylic acids is 2. The third-order valence-corrected chi connectivity index (χ3v) is 3.04. The van der Waals surface area contributed by atoms with Crippen LogP contribution in [0.3, 0.4) is 0 Å². The van der Waals surface area contributed by atoms with E-state index in [0.29, 0.717) is 0 Å². The smallest absolute Gasteiger partial charge is 0.262 e. The number of nitrogens with one attached hydrogen (secondary N) is 2. The number of nitrogens with zero attached hydrogens (tertiary/aromatic N) is 2. The molecule has 0 aliphatic heterocycles. The summed E-state index contributed by atoms with van der Waals surface area (Å²) in [7, 11) is 0. The molecule has 0 spiro atoms. The molecule has 2 amide bonds. The lowest BCUT2D eigenvalue weighted by atomic mass is 10.2. The molecule has 0 unspecified atom stereocenters. The summed E-state index contributed by atoms with van der Waals surface area (Å²) in [6, 6.07) is 19.2. The molecule has 0 saturated carbocycles. The Kier molecular flexibility index (Phi) is 7.76. The van der Waals surface area contributed by atoms with E-state index in [4.69, 9.17) is 0 Å². The highest BCUT2D eigenvalue weighted by atomic mass is 16.2. The summed E-state index contributed by atoms with van der Waals surface area (Å²) < 4.78 is 0. The molecule has 2 rings (SSSR count). The summed E-state index contributed by atoms with van der Waals surface area (Å²) in [5.74, 6) is -1.81. The molecular weight excluding hydrogens is 328 g/mol. The zero-order valence-electron chi connectivity index (χ0n) is 13.9. The maximum Gasteiger partial charge on any atom is 0.331 e. The molecule has 0 bridgehead atoms. The molecule has 0 heterocycles. The van der Waals surface area contributed by atoms with Crippen molar-refractivity contribution in [2.45, 2.75) is 0 Å². The van der Waals surface area contributed by atoms with Crippen molar-refractivity contribution in [1.82, 2.24) is 10.9 Å². The second-order valence-corrected chi connectivity index (χ2v) is 4.98. The van der Waals surface area contributed by atoms with Crippen LogP contribution in [0.15, 0.2) is 83.0 Å². The average Bonchev–Trinajstić information content (AvgIpc) is 2.68. The van der Waals surface area contributed by atoms with Crippen LogP contribution in [-0.2, 0) is 9.59 Å². The van der Waals surface area contributed by atoms with Gasteiger partial charge in [0.1, 0.15) is 0 Å². The van der Waals surface area contributed by atoms with Gasteiger partial charge in [0.2, 0.25) is 0 Å². The highest BCUT2D eigenvalue weighted by Gasteiger charge is 2.10. The van der Waals surface area contributed by atoms with Gasteiger partial charge in [-0.3, -0.25) is 9.59 Å². The van der Waals surface area contributed by atoms with E-state index in [1.165, 1.54) is 12.4 Å². The first-order valence-electron chi connectivity index (χ1n) is 7.85. The summed E-state index contributed by atoms with van der Waals surface area (Å²) in [4.78, 5) is 23.0. The van der Waals surface area contributed by atoms with Gasteiger partial charge < -0.3 is 0 Å². The van der Waals surface area contributed by atoms with Crippen molar-refractivity contribution in [3.8, 4) is 0 Å². The SMILES string of the molecule is O=C(N/N=C/C=C\c1ccccc1)C(=O)N/N=C/C=C/c1ccccc1. The Labute approximate surface area is 151 Å². The summed E-state index contributed by atoms with van der Waals surface area (Å²) >= 11 is 0. The van der Waals surface area contributed by atoms with Crippen LogP contribution in [0.25, 0.3) is 12.2 Å². The average molecular weight is 346 g/mol. The fraction of sp³-hybridized carbons (Fsp3) is 0.